The highest BCUT2D eigenvalue weighted by atomic mass is 19.4. The highest BCUT2D eigenvalue weighted by Gasteiger charge is 2.39. The Kier molecular flexibility index (Phi) is 4.99. The van der Waals surface area contributed by atoms with Crippen molar-refractivity contribution in [1.29, 1.82) is 0 Å². The van der Waals surface area contributed by atoms with Crippen LogP contribution >= 0.6 is 0 Å². The SMILES string of the molecule is Cc1ccc2nnc(CN3CCC(N(c4cc(C(F)(F)F)ncn4)C4CC4)CC3)n2n1. The van der Waals surface area contributed by atoms with Gasteiger partial charge in [0.05, 0.1) is 12.2 Å². The molecule has 0 atom stereocenters. The number of aromatic nitrogens is 6. The number of rotatable bonds is 5. The number of hydrogen-bond donors (Lipinski definition) is 0. The molecule has 1 saturated carbocycles. The molecule has 31 heavy (non-hydrogen) atoms. The summed E-state index contributed by atoms with van der Waals surface area (Å²) in [5.41, 5.74) is 0.733. The largest absolute Gasteiger partial charge is 0.433 e. The highest BCUT2D eigenvalue weighted by Crippen LogP contribution is 2.37. The van der Waals surface area contributed by atoms with E-state index >= 15 is 0 Å². The molecule has 0 radical (unpaired) electrons. The van der Waals surface area contributed by atoms with E-state index < -0.39 is 11.9 Å². The molecule has 1 saturated heterocycles. The van der Waals surface area contributed by atoms with Gasteiger partial charge in [-0.15, -0.1) is 10.2 Å². The second-order valence-electron chi connectivity index (χ2n) is 8.27. The molecule has 0 bridgehead atoms. The summed E-state index contributed by atoms with van der Waals surface area (Å²) in [6.07, 6.45) is 0.235. The number of aryl methyl sites for hydroxylation is 1. The van der Waals surface area contributed by atoms with E-state index in [1.807, 2.05) is 19.1 Å². The van der Waals surface area contributed by atoms with Crippen LogP contribution in [-0.4, -0.2) is 59.9 Å². The average Bonchev–Trinajstić information content (AvgIpc) is 3.50. The van der Waals surface area contributed by atoms with Gasteiger partial charge in [0.2, 0.25) is 0 Å². The van der Waals surface area contributed by atoms with E-state index in [1.165, 1.54) is 0 Å². The first kappa shape index (κ1) is 20.1. The zero-order chi connectivity index (χ0) is 21.6. The van der Waals surface area contributed by atoms with E-state index in [0.717, 1.165) is 68.3 Å². The quantitative estimate of drug-likeness (QED) is 0.614. The first-order chi connectivity index (χ1) is 14.9. The Balaban J connectivity index is 1.28. The Morgan fingerprint density at radius 2 is 1.77 bits per heavy atom. The summed E-state index contributed by atoms with van der Waals surface area (Å²) in [4.78, 5) is 12.0. The average molecular weight is 432 g/mol. The molecule has 2 aliphatic rings. The second kappa shape index (κ2) is 7.70. The van der Waals surface area contributed by atoms with Gasteiger partial charge in [-0.25, -0.2) is 9.97 Å². The topological polar surface area (TPSA) is 75.3 Å². The molecular weight excluding hydrogens is 409 g/mol. The van der Waals surface area contributed by atoms with Crippen LogP contribution in [0.4, 0.5) is 19.0 Å². The van der Waals surface area contributed by atoms with Crippen LogP contribution in [0.2, 0.25) is 0 Å². The summed E-state index contributed by atoms with van der Waals surface area (Å²) in [5.74, 6) is 1.17. The summed E-state index contributed by atoms with van der Waals surface area (Å²) >= 11 is 0. The molecule has 5 rings (SSSR count). The monoisotopic (exact) mass is 432 g/mol. The number of nitrogens with zero attached hydrogens (tertiary/aromatic N) is 8. The van der Waals surface area contributed by atoms with E-state index in [4.69, 9.17) is 0 Å². The van der Waals surface area contributed by atoms with Gasteiger partial charge >= 0.3 is 6.18 Å². The predicted octanol–water partition coefficient (Wildman–Crippen LogP) is 2.87. The Labute approximate surface area is 177 Å². The van der Waals surface area contributed by atoms with Crippen molar-refractivity contribution in [2.24, 2.45) is 0 Å². The van der Waals surface area contributed by atoms with Crippen molar-refractivity contribution in [3.8, 4) is 0 Å². The van der Waals surface area contributed by atoms with Gasteiger partial charge in [-0.05, 0) is 44.7 Å². The molecule has 0 aromatic carbocycles. The van der Waals surface area contributed by atoms with Gasteiger partial charge in [0.1, 0.15) is 17.8 Å². The van der Waals surface area contributed by atoms with Gasteiger partial charge in [-0.2, -0.15) is 22.8 Å². The first-order valence-corrected chi connectivity index (χ1v) is 10.5. The third-order valence-corrected chi connectivity index (χ3v) is 5.92. The minimum Gasteiger partial charge on any atom is -0.350 e. The maximum Gasteiger partial charge on any atom is 0.433 e. The fourth-order valence-corrected chi connectivity index (χ4v) is 4.25. The number of halogens is 3. The van der Waals surface area contributed by atoms with Gasteiger partial charge in [0, 0.05) is 31.2 Å². The van der Waals surface area contributed by atoms with E-state index in [-0.39, 0.29) is 12.1 Å². The summed E-state index contributed by atoms with van der Waals surface area (Å²) in [6.45, 7) is 4.22. The number of piperidine rings is 1. The van der Waals surface area contributed by atoms with E-state index in [1.54, 1.807) is 4.52 Å². The lowest BCUT2D eigenvalue weighted by Gasteiger charge is -2.39. The Morgan fingerprint density at radius 3 is 2.48 bits per heavy atom. The maximum absolute atomic E-state index is 13.1. The van der Waals surface area contributed by atoms with Gasteiger partial charge in [0.15, 0.2) is 11.5 Å². The maximum atomic E-state index is 13.1. The standard InChI is InChI=1S/C20H23F3N8/c1-13-2-5-17-26-27-19(31(17)28-13)11-29-8-6-15(7-9-29)30(14-3-4-14)18-10-16(20(21,22)23)24-12-25-18/h2,5,10,12,14-15H,3-4,6-9,11H2,1H3. The molecule has 2 fully saturated rings. The summed E-state index contributed by atoms with van der Waals surface area (Å²) in [6, 6.07) is 5.31. The van der Waals surface area contributed by atoms with Gasteiger partial charge in [-0.1, -0.05) is 0 Å². The summed E-state index contributed by atoms with van der Waals surface area (Å²) in [7, 11) is 0. The molecule has 0 amide bonds. The number of alkyl halides is 3. The molecule has 3 aromatic heterocycles. The van der Waals surface area contributed by atoms with Crippen LogP contribution in [0.25, 0.3) is 5.65 Å². The summed E-state index contributed by atoms with van der Waals surface area (Å²) < 4.78 is 41.1. The third-order valence-electron chi connectivity index (χ3n) is 5.92. The predicted molar refractivity (Wildman–Crippen MR) is 106 cm³/mol. The molecule has 164 valence electrons. The first-order valence-electron chi connectivity index (χ1n) is 10.5. The van der Waals surface area contributed by atoms with Gasteiger partial charge in [-0.3, -0.25) is 4.90 Å². The minimum absolute atomic E-state index is 0.162. The Bertz CT molecular complexity index is 1070. The fourth-order valence-electron chi connectivity index (χ4n) is 4.25. The number of likely N-dealkylation sites (tertiary alicyclic amines) is 1. The van der Waals surface area contributed by atoms with Crippen LogP contribution in [0.3, 0.4) is 0 Å². The van der Waals surface area contributed by atoms with Crippen LogP contribution in [0, 0.1) is 6.92 Å². The fraction of sp³-hybridized carbons (Fsp3) is 0.550. The van der Waals surface area contributed by atoms with E-state index in [2.05, 4.69) is 35.1 Å². The van der Waals surface area contributed by atoms with Crippen molar-refractivity contribution in [3.05, 3.63) is 41.7 Å². The van der Waals surface area contributed by atoms with Crippen LogP contribution in [-0.2, 0) is 12.7 Å². The van der Waals surface area contributed by atoms with Crippen LogP contribution in [0.1, 0.15) is 42.9 Å². The smallest absolute Gasteiger partial charge is 0.350 e. The molecule has 0 N–H and O–H groups in total. The number of anilines is 1. The Morgan fingerprint density at radius 1 is 1.03 bits per heavy atom. The zero-order valence-corrected chi connectivity index (χ0v) is 17.1. The molecule has 3 aromatic rings. The van der Waals surface area contributed by atoms with Crippen molar-refractivity contribution in [1.82, 2.24) is 34.7 Å². The molecule has 1 aliphatic heterocycles. The molecule has 1 aliphatic carbocycles. The molecular formula is C20H23F3N8. The number of hydrogen-bond acceptors (Lipinski definition) is 7. The molecule has 8 nitrogen and oxygen atoms in total. The normalized spacial score (nSPS) is 18.6. The van der Waals surface area contributed by atoms with Crippen molar-refractivity contribution in [3.63, 3.8) is 0 Å². The van der Waals surface area contributed by atoms with Crippen LogP contribution in [0.15, 0.2) is 24.5 Å². The Hall–Kier alpha value is -2.82. The molecule has 0 spiro atoms. The van der Waals surface area contributed by atoms with Crippen LogP contribution < -0.4 is 4.90 Å². The third kappa shape index (κ3) is 4.18. The molecule has 4 heterocycles. The molecule has 0 unspecified atom stereocenters. The van der Waals surface area contributed by atoms with E-state index in [0.29, 0.717) is 12.4 Å². The van der Waals surface area contributed by atoms with Crippen molar-refractivity contribution in [2.75, 3.05) is 18.0 Å². The lowest BCUT2D eigenvalue weighted by Crippen LogP contribution is -2.46. The zero-order valence-electron chi connectivity index (χ0n) is 17.1. The highest BCUT2D eigenvalue weighted by molar-refractivity contribution is 5.44. The second-order valence-corrected chi connectivity index (χ2v) is 8.27. The van der Waals surface area contributed by atoms with Gasteiger partial charge in [0.25, 0.3) is 0 Å². The van der Waals surface area contributed by atoms with Gasteiger partial charge < -0.3 is 4.90 Å². The van der Waals surface area contributed by atoms with Crippen molar-refractivity contribution < 1.29 is 13.2 Å². The lowest BCUT2D eigenvalue weighted by atomic mass is 10.0. The van der Waals surface area contributed by atoms with Crippen molar-refractivity contribution >= 4 is 11.5 Å². The van der Waals surface area contributed by atoms with Crippen LogP contribution in [0.5, 0.6) is 0 Å². The van der Waals surface area contributed by atoms with E-state index in [9.17, 15) is 13.2 Å². The molecule has 11 heteroatoms. The number of fused-ring (bicyclic) bond motifs is 1. The minimum atomic E-state index is -4.47. The summed E-state index contributed by atoms with van der Waals surface area (Å²) in [5, 5.41) is 12.9. The lowest BCUT2D eigenvalue weighted by molar-refractivity contribution is -0.141. The van der Waals surface area contributed by atoms with Crippen molar-refractivity contribution in [2.45, 2.75) is 57.4 Å².